The highest BCUT2D eigenvalue weighted by Gasteiger charge is 2.22. The standard InChI is InChI=1S/C21H23N7O/c1-11-12(2)25-26-20(11)19(29)5-14-4-15-6-18(24-21(15)23-7-14)17-10-28(27-13(17)3)16-8-22-9-16/h4,6-7,10,16,22H,5,8-9H2,1-3H3,(H,23,24)(H,25,26). The number of aromatic nitrogens is 6. The van der Waals surface area contributed by atoms with Crippen molar-refractivity contribution in [1.82, 2.24) is 35.3 Å². The predicted octanol–water partition coefficient (Wildman–Crippen LogP) is 2.64. The number of ketones is 1. The summed E-state index contributed by atoms with van der Waals surface area (Å²) in [5.41, 5.74) is 7.07. The minimum absolute atomic E-state index is 0.00464. The highest BCUT2D eigenvalue weighted by Crippen LogP contribution is 2.27. The number of hydrogen-bond acceptors (Lipinski definition) is 5. The van der Waals surface area contributed by atoms with Crippen LogP contribution in [0.15, 0.2) is 24.5 Å². The van der Waals surface area contributed by atoms with Crippen molar-refractivity contribution >= 4 is 16.8 Å². The number of nitrogens with one attached hydrogen (secondary N) is 3. The van der Waals surface area contributed by atoms with E-state index in [0.29, 0.717) is 11.7 Å². The molecule has 5 rings (SSSR count). The Morgan fingerprint density at radius 1 is 1.24 bits per heavy atom. The minimum Gasteiger partial charge on any atom is -0.339 e. The molecule has 0 unspecified atom stereocenters. The van der Waals surface area contributed by atoms with E-state index in [2.05, 4.69) is 42.8 Å². The third-order valence-electron chi connectivity index (χ3n) is 5.75. The van der Waals surface area contributed by atoms with Gasteiger partial charge in [-0.3, -0.25) is 14.6 Å². The molecule has 4 aromatic rings. The van der Waals surface area contributed by atoms with Crippen LogP contribution in [0.3, 0.4) is 0 Å². The Hall–Kier alpha value is -3.26. The van der Waals surface area contributed by atoms with Gasteiger partial charge in [0.05, 0.1) is 17.4 Å². The van der Waals surface area contributed by atoms with E-state index in [9.17, 15) is 4.79 Å². The average molecular weight is 389 g/mol. The molecule has 8 heteroatoms. The number of nitrogens with zero attached hydrogens (tertiary/aromatic N) is 4. The molecule has 1 saturated heterocycles. The molecule has 0 atom stereocenters. The summed E-state index contributed by atoms with van der Waals surface area (Å²) in [6, 6.07) is 4.52. The van der Waals surface area contributed by atoms with Crippen molar-refractivity contribution in [2.45, 2.75) is 33.2 Å². The zero-order chi connectivity index (χ0) is 20.1. The van der Waals surface area contributed by atoms with E-state index in [-0.39, 0.29) is 12.2 Å². The molecule has 0 amide bonds. The summed E-state index contributed by atoms with van der Waals surface area (Å²) >= 11 is 0. The predicted molar refractivity (Wildman–Crippen MR) is 110 cm³/mol. The Kier molecular flexibility index (Phi) is 4.09. The van der Waals surface area contributed by atoms with E-state index in [1.54, 1.807) is 6.20 Å². The van der Waals surface area contributed by atoms with Crippen molar-refractivity contribution < 1.29 is 4.79 Å². The van der Waals surface area contributed by atoms with Gasteiger partial charge in [0, 0.05) is 54.1 Å². The number of fused-ring (bicyclic) bond motifs is 1. The minimum atomic E-state index is -0.00464. The van der Waals surface area contributed by atoms with Crippen molar-refractivity contribution in [3.63, 3.8) is 0 Å². The molecule has 0 aliphatic carbocycles. The Bertz CT molecular complexity index is 1230. The molecule has 1 aliphatic heterocycles. The molecule has 0 saturated carbocycles. The highest BCUT2D eigenvalue weighted by molar-refractivity contribution is 5.97. The molecule has 0 bridgehead atoms. The molecule has 0 radical (unpaired) electrons. The Morgan fingerprint density at radius 2 is 2.07 bits per heavy atom. The Balaban J connectivity index is 1.42. The highest BCUT2D eigenvalue weighted by atomic mass is 16.1. The first-order chi connectivity index (χ1) is 14.0. The Morgan fingerprint density at radius 3 is 2.76 bits per heavy atom. The topological polar surface area (TPSA) is 104 Å². The lowest BCUT2D eigenvalue weighted by atomic mass is 10.0. The maximum absolute atomic E-state index is 12.6. The van der Waals surface area contributed by atoms with E-state index in [4.69, 9.17) is 0 Å². The third-order valence-corrected chi connectivity index (χ3v) is 5.75. The quantitative estimate of drug-likeness (QED) is 0.455. The van der Waals surface area contributed by atoms with E-state index in [0.717, 1.165) is 57.9 Å². The van der Waals surface area contributed by atoms with Crippen LogP contribution in [0.2, 0.25) is 0 Å². The number of aromatic amines is 2. The van der Waals surface area contributed by atoms with E-state index in [1.165, 1.54) is 0 Å². The second-order valence-electron chi connectivity index (χ2n) is 7.81. The van der Waals surface area contributed by atoms with Gasteiger partial charge in [0.1, 0.15) is 11.3 Å². The number of carbonyl (C=O) groups excluding carboxylic acids is 1. The average Bonchev–Trinajstić information content (AvgIpc) is 3.31. The van der Waals surface area contributed by atoms with Gasteiger partial charge in [-0.2, -0.15) is 10.2 Å². The van der Waals surface area contributed by atoms with Crippen LogP contribution in [0, 0.1) is 20.8 Å². The second kappa shape index (κ2) is 6.66. The first-order valence-electron chi connectivity index (χ1n) is 9.79. The zero-order valence-corrected chi connectivity index (χ0v) is 16.7. The number of rotatable bonds is 5. The van der Waals surface area contributed by atoms with Crippen LogP contribution >= 0.6 is 0 Å². The maximum Gasteiger partial charge on any atom is 0.187 e. The summed E-state index contributed by atoms with van der Waals surface area (Å²) in [5, 5.41) is 15.9. The van der Waals surface area contributed by atoms with Crippen molar-refractivity contribution in [1.29, 1.82) is 0 Å². The number of hydrogen-bond donors (Lipinski definition) is 3. The largest absolute Gasteiger partial charge is 0.339 e. The van der Waals surface area contributed by atoms with Crippen LogP contribution in [-0.4, -0.2) is 48.8 Å². The van der Waals surface area contributed by atoms with Crippen LogP contribution in [0.25, 0.3) is 22.3 Å². The molecule has 4 aromatic heterocycles. The lowest BCUT2D eigenvalue weighted by Crippen LogP contribution is -2.43. The number of aryl methyl sites for hydroxylation is 2. The molecule has 3 N–H and O–H groups in total. The van der Waals surface area contributed by atoms with Gasteiger partial charge in [-0.15, -0.1) is 0 Å². The summed E-state index contributed by atoms with van der Waals surface area (Å²) in [6.45, 7) is 7.77. The van der Waals surface area contributed by atoms with Gasteiger partial charge < -0.3 is 10.3 Å². The Labute approximate surface area is 167 Å². The lowest BCUT2D eigenvalue weighted by molar-refractivity contribution is 0.0987. The normalized spacial score (nSPS) is 14.4. The maximum atomic E-state index is 12.6. The summed E-state index contributed by atoms with van der Waals surface area (Å²) in [6.07, 6.45) is 4.13. The SMILES string of the molecule is Cc1nn(C2CNC2)cc1-c1cc2cc(CC(=O)c3n[nH]c(C)c3C)cnc2[nH]1. The molecule has 1 aliphatic rings. The monoisotopic (exact) mass is 389 g/mol. The number of carbonyl (C=O) groups is 1. The van der Waals surface area contributed by atoms with Crippen molar-refractivity contribution in [2.75, 3.05) is 13.1 Å². The van der Waals surface area contributed by atoms with Crippen molar-refractivity contribution in [2.24, 2.45) is 0 Å². The van der Waals surface area contributed by atoms with Crippen molar-refractivity contribution in [3.8, 4) is 11.3 Å². The molecule has 29 heavy (non-hydrogen) atoms. The fourth-order valence-electron chi connectivity index (χ4n) is 3.72. The first kappa shape index (κ1) is 17.8. The molecule has 8 nitrogen and oxygen atoms in total. The zero-order valence-electron chi connectivity index (χ0n) is 16.7. The lowest BCUT2D eigenvalue weighted by Gasteiger charge is -2.27. The molecular weight excluding hydrogens is 366 g/mol. The van der Waals surface area contributed by atoms with Gasteiger partial charge in [-0.05, 0) is 38.5 Å². The fraction of sp³-hybridized carbons (Fsp3) is 0.333. The fourth-order valence-corrected chi connectivity index (χ4v) is 3.72. The van der Waals surface area contributed by atoms with E-state index < -0.39 is 0 Å². The first-order valence-corrected chi connectivity index (χ1v) is 9.79. The molecule has 148 valence electrons. The van der Waals surface area contributed by atoms with Gasteiger partial charge >= 0.3 is 0 Å². The molecule has 0 spiro atoms. The van der Waals surface area contributed by atoms with Crippen LogP contribution in [0.1, 0.15) is 39.0 Å². The summed E-state index contributed by atoms with van der Waals surface area (Å²) in [5.74, 6) is -0.00464. The van der Waals surface area contributed by atoms with Gasteiger partial charge in [0.2, 0.25) is 0 Å². The van der Waals surface area contributed by atoms with E-state index in [1.807, 2.05) is 31.5 Å². The summed E-state index contributed by atoms with van der Waals surface area (Å²) in [7, 11) is 0. The number of pyridine rings is 1. The van der Waals surface area contributed by atoms with Gasteiger partial charge in [0.15, 0.2) is 5.78 Å². The summed E-state index contributed by atoms with van der Waals surface area (Å²) < 4.78 is 2.04. The molecular formula is C21H23N7O. The molecule has 5 heterocycles. The third kappa shape index (κ3) is 3.05. The second-order valence-corrected chi connectivity index (χ2v) is 7.81. The molecule has 1 fully saturated rings. The number of H-pyrrole nitrogens is 2. The smallest absolute Gasteiger partial charge is 0.187 e. The van der Waals surface area contributed by atoms with Crippen molar-refractivity contribution in [3.05, 3.63) is 52.7 Å². The van der Waals surface area contributed by atoms with Gasteiger partial charge in [-0.1, -0.05) is 0 Å². The van der Waals surface area contributed by atoms with Gasteiger partial charge in [-0.25, -0.2) is 4.98 Å². The number of Topliss-reactive ketones (excluding diaryl/α,β-unsaturated/α-hetero) is 1. The van der Waals surface area contributed by atoms with Crippen LogP contribution < -0.4 is 5.32 Å². The van der Waals surface area contributed by atoms with Crippen LogP contribution in [0.5, 0.6) is 0 Å². The van der Waals surface area contributed by atoms with Crippen LogP contribution in [0.4, 0.5) is 0 Å². The summed E-state index contributed by atoms with van der Waals surface area (Å²) in [4.78, 5) is 20.5. The van der Waals surface area contributed by atoms with Gasteiger partial charge in [0.25, 0.3) is 0 Å². The van der Waals surface area contributed by atoms with Crippen LogP contribution in [-0.2, 0) is 6.42 Å². The van der Waals surface area contributed by atoms with E-state index >= 15 is 0 Å². The molecule has 0 aromatic carbocycles.